The van der Waals surface area contributed by atoms with Crippen LogP contribution in [0.15, 0.2) is 12.2 Å². The summed E-state index contributed by atoms with van der Waals surface area (Å²) in [6.07, 6.45) is 9.81. The van der Waals surface area contributed by atoms with Gasteiger partial charge < -0.3 is 29.4 Å². The molecule has 0 saturated carbocycles. The topological polar surface area (TPSA) is 143 Å². The lowest BCUT2D eigenvalue weighted by Gasteiger charge is -2.41. The van der Waals surface area contributed by atoms with Gasteiger partial charge in [0.15, 0.2) is 5.79 Å². The Morgan fingerprint density at radius 2 is 1.28 bits per heavy atom. The molecule has 2 heterocycles. The van der Waals surface area contributed by atoms with E-state index >= 15 is 0 Å². The second kappa shape index (κ2) is 16.4. The van der Waals surface area contributed by atoms with Crippen LogP contribution >= 0.6 is 0 Å². The first-order valence-electron chi connectivity index (χ1n) is 12.9. The van der Waals surface area contributed by atoms with Crippen molar-refractivity contribution in [3.8, 4) is 0 Å². The van der Waals surface area contributed by atoms with Crippen LogP contribution < -0.4 is 0 Å². The zero-order valence-corrected chi connectivity index (χ0v) is 21.0. The summed E-state index contributed by atoms with van der Waals surface area (Å²) >= 11 is 0. The Kier molecular flexibility index (Phi) is 13.6. The van der Waals surface area contributed by atoms with Gasteiger partial charge in [0.2, 0.25) is 5.91 Å². The number of unbranched alkanes of at least 4 members (excludes halogenated alkanes) is 6. The molecule has 0 unspecified atom stereocenters. The monoisotopic (exact) mass is 512 g/mol. The number of hydrogen-bond acceptors (Lipinski definition) is 9. The van der Waals surface area contributed by atoms with Gasteiger partial charge in [-0.2, -0.15) is 0 Å². The fourth-order valence-electron chi connectivity index (χ4n) is 4.07. The molecule has 2 aliphatic rings. The molecule has 2 N–H and O–H groups in total. The van der Waals surface area contributed by atoms with Crippen molar-refractivity contribution in [2.75, 3.05) is 39.5 Å². The highest BCUT2D eigenvalue weighted by molar-refractivity contribution is 6.12. The molecule has 0 bridgehead atoms. The highest BCUT2D eigenvalue weighted by atomic mass is 16.7. The third-order valence-electron chi connectivity index (χ3n) is 6.22. The molecule has 0 aliphatic carbocycles. The number of hydroxylamine groups is 2. The number of aliphatic hydroxyl groups excluding tert-OH is 2. The van der Waals surface area contributed by atoms with Crippen LogP contribution in [0.2, 0.25) is 0 Å². The summed E-state index contributed by atoms with van der Waals surface area (Å²) in [4.78, 5) is 54.0. The summed E-state index contributed by atoms with van der Waals surface area (Å²) < 4.78 is 12.4. The number of carbonyl (C=O) groups excluding carboxylic acids is 4. The van der Waals surface area contributed by atoms with Gasteiger partial charge in [0.05, 0.1) is 19.6 Å². The summed E-state index contributed by atoms with van der Waals surface area (Å²) in [6.45, 7) is 2.32. The van der Waals surface area contributed by atoms with E-state index in [1.54, 1.807) is 4.90 Å². The maximum atomic E-state index is 12.6. The zero-order valence-electron chi connectivity index (χ0n) is 21.0. The molecule has 2 aliphatic heterocycles. The van der Waals surface area contributed by atoms with Gasteiger partial charge in [0.1, 0.15) is 0 Å². The number of rotatable bonds is 18. The molecule has 1 fully saturated rings. The van der Waals surface area contributed by atoms with E-state index in [0.29, 0.717) is 44.2 Å². The Hall–Kier alpha value is -2.34. The zero-order chi connectivity index (χ0) is 26.2. The summed E-state index contributed by atoms with van der Waals surface area (Å²) in [5.41, 5.74) is 0. The van der Waals surface area contributed by atoms with Crippen molar-refractivity contribution in [1.29, 1.82) is 0 Å². The van der Waals surface area contributed by atoms with Crippen molar-refractivity contribution >= 4 is 23.7 Å². The molecule has 0 aromatic heterocycles. The highest BCUT2D eigenvalue weighted by Gasteiger charge is 2.38. The number of imide groups is 1. The molecule has 11 heteroatoms. The van der Waals surface area contributed by atoms with Crippen LogP contribution in [0.3, 0.4) is 0 Å². The molecule has 0 spiro atoms. The number of nitrogens with zero attached hydrogens (tertiary/aromatic N) is 2. The number of piperidine rings is 1. The average molecular weight is 513 g/mol. The predicted molar refractivity (Wildman–Crippen MR) is 128 cm³/mol. The van der Waals surface area contributed by atoms with Gasteiger partial charge in [-0.25, -0.2) is 4.79 Å². The van der Waals surface area contributed by atoms with E-state index in [-0.39, 0.29) is 32.0 Å². The fourth-order valence-corrected chi connectivity index (χ4v) is 4.07. The molecule has 1 saturated heterocycles. The third-order valence-corrected chi connectivity index (χ3v) is 6.22. The summed E-state index contributed by atoms with van der Waals surface area (Å²) in [7, 11) is 0. The summed E-state index contributed by atoms with van der Waals surface area (Å²) in [6, 6.07) is 0. The van der Waals surface area contributed by atoms with Gasteiger partial charge in [0.25, 0.3) is 11.8 Å². The van der Waals surface area contributed by atoms with Gasteiger partial charge in [0, 0.05) is 57.7 Å². The van der Waals surface area contributed by atoms with Crippen molar-refractivity contribution in [3.05, 3.63) is 12.2 Å². The Balaban J connectivity index is 1.76. The minimum Gasteiger partial charge on any atom is -0.396 e. The maximum absolute atomic E-state index is 12.6. The Morgan fingerprint density at radius 3 is 1.78 bits per heavy atom. The number of hydrogen-bond donors (Lipinski definition) is 2. The first-order chi connectivity index (χ1) is 17.4. The van der Waals surface area contributed by atoms with Crippen LogP contribution in [-0.4, -0.2) is 89.2 Å². The van der Waals surface area contributed by atoms with Gasteiger partial charge >= 0.3 is 5.97 Å². The van der Waals surface area contributed by atoms with Gasteiger partial charge in [-0.3, -0.25) is 14.4 Å². The van der Waals surface area contributed by atoms with E-state index in [1.165, 1.54) is 0 Å². The second-order valence-electron chi connectivity index (χ2n) is 9.03. The minimum absolute atomic E-state index is 0.0904. The van der Waals surface area contributed by atoms with E-state index in [1.807, 2.05) is 0 Å². The van der Waals surface area contributed by atoms with Crippen LogP contribution in [0.5, 0.6) is 0 Å². The largest absolute Gasteiger partial charge is 0.396 e. The van der Waals surface area contributed by atoms with Crippen LogP contribution in [0.25, 0.3) is 0 Å². The van der Waals surface area contributed by atoms with E-state index in [2.05, 4.69) is 0 Å². The van der Waals surface area contributed by atoms with Crippen molar-refractivity contribution < 1.29 is 43.7 Å². The van der Waals surface area contributed by atoms with Crippen LogP contribution in [-0.2, 0) is 33.5 Å². The van der Waals surface area contributed by atoms with E-state index < -0.39 is 23.6 Å². The van der Waals surface area contributed by atoms with Gasteiger partial charge in [-0.1, -0.05) is 30.7 Å². The van der Waals surface area contributed by atoms with Crippen molar-refractivity contribution in [3.63, 3.8) is 0 Å². The Labute approximate surface area is 212 Å². The Bertz CT molecular complexity index is 712. The molecular weight excluding hydrogens is 472 g/mol. The second-order valence-corrected chi connectivity index (χ2v) is 9.03. The SMILES string of the molecule is O=C(CCC(=O)N1CCC(OCCCCCCO)(OCCCCCCO)CC1)ON1C(=O)C=CC1=O. The van der Waals surface area contributed by atoms with E-state index in [0.717, 1.165) is 63.5 Å². The summed E-state index contributed by atoms with van der Waals surface area (Å²) in [5, 5.41) is 18.2. The molecule has 3 amide bonds. The average Bonchev–Trinajstić information content (AvgIpc) is 3.19. The number of aliphatic hydroxyl groups is 2. The van der Waals surface area contributed by atoms with E-state index in [4.69, 9.17) is 24.5 Å². The standard InChI is InChI=1S/C25H40N2O9/c28-17-5-1-3-7-19-34-25(35-20-8-4-2-6-18-29)13-15-26(16-14-25)21(30)11-12-24(33)36-27-22(31)9-10-23(27)32/h9-10,28-29H,1-8,11-20H2. The van der Waals surface area contributed by atoms with Crippen molar-refractivity contribution in [2.45, 2.75) is 82.8 Å². The lowest BCUT2D eigenvalue weighted by Crippen LogP contribution is -2.50. The smallest absolute Gasteiger partial charge is 0.333 e. The molecule has 0 aromatic carbocycles. The van der Waals surface area contributed by atoms with Gasteiger partial charge in [-0.15, -0.1) is 0 Å². The molecule has 36 heavy (non-hydrogen) atoms. The first kappa shape index (κ1) is 29.9. The molecule has 0 radical (unpaired) electrons. The van der Waals surface area contributed by atoms with Crippen LogP contribution in [0.4, 0.5) is 0 Å². The van der Waals surface area contributed by atoms with Crippen LogP contribution in [0, 0.1) is 0 Å². The highest BCUT2D eigenvalue weighted by Crippen LogP contribution is 2.29. The van der Waals surface area contributed by atoms with Crippen molar-refractivity contribution in [2.24, 2.45) is 0 Å². The quantitative estimate of drug-likeness (QED) is 0.159. The van der Waals surface area contributed by atoms with E-state index in [9.17, 15) is 19.2 Å². The third kappa shape index (κ3) is 10.3. The number of ether oxygens (including phenoxy) is 2. The minimum atomic E-state index is -0.825. The number of likely N-dealkylation sites (tertiary alicyclic amines) is 1. The maximum Gasteiger partial charge on any atom is 0.333 e. The lowest BCUT2D eigenvalue weighted by atomic mass is 10.0. The number of carbonyl (C=O) groups is 4. The Morgan fingerprint density at radius 1 is 0.778 bits per heavy atom. The molecule has 0 aromatic rings. The van der Waals surface area contributed by atoms with Crippen LogP contribution in [0.1, 0.15) is 77.0 Å². The normalized spacial score (nSPS) is 17.2. The van der Waals surface area contributed by atoms with Crippen molar-refractivity contribution in [1.82, 2.24) is 9.96 Å². The summed E-state index contributed by atoms with van der Waals surface area (Å²) in [5.74, 6) is -3.25. The number of amides is 3. The molecule has 2 rings (SSSR count). The molecule has 0 atom stereocenters. The molecule has 11 nitrogen and oxygen atoms in total. The molecule has 204 valence electrons. The lowest BCUT2D eigenvalue weighted by molar-refractivity contribution is -0.257. The predicted octanol–water partition coefficient (Wildman–Crippen LogP) is 1.61. The first-order valence-corrected chi connectivity index (χ1v) is 12.9. The fraction of sp³-hybridized carbons (Fsp3) is 0.760. The van der Waals surface area contributed by atoms with Gasteiger partial charge in [-0.05, 0) is 25.7 Å². The molecular formula is C25H40N2O9.